The Bertz CT molecular complexity index is 1500. The fraction of sp³-hybridized carbons (Fsp3) is 0.258. The number of amides is 2. The van der Waals surface area contributed by atoms with Gasteiger partial charge in [-0.15, -0.1) is 0 Å². The third-order valence-corrected chi connectivity index (χ3v) is 6.36. The maximum Gasteiger partial charge on any atom is 0.419 e. The number of alkyl halides is 3. The van der Waals surface area contributed by atoms with Crippen molar-refractivity contribution in [1.82, 2.24) is 10.2 Å². The molecule has 0 aromatic heterocycles. The fourth-order valence-electron chi connectivity index (χ4n) is 4.17. The minimum atomic E-state index is -4.92. The number of halogens is 4. The molecular formula is C31H32F4N4O4. The molecule has 0 spiro atoms. The van der Waals surface area contributed by atoms with Gasteiger partial charge in [0.15, 0.2) is 11.5 Å². The number of phenolic OH excluding ortho intramolecular Hbond substituents is 1. The molecular weight excluding hydrogens is 568 g/mol. The summed E-state index contributed by atoms with van der Waals surface area (Å²) in [5.74, 6) is -2.23. The first kappa shape index (κ1) is 32.6. The van der Waals surface area contributed by atoms with Crippen molar-refractivity contribution < 1.29 is 37.0 Å². The van der Waals surface area contributed by atoms with Crippen LogP contribution in [0.25, 0.3) is 0 Å². The van der Waals surface area contributed by atoms with E-state index in [0.29, 0.717) is 36.5 Å². The van der Waals surface area contributed by atoms with E-state index in [4.69, 9.17) is 10.1 Å². The molecule has 2 amide bonds. The zero-order valence-electron chi connectivity index (χ0n) is 23.8. The molecule has 0 unspecified atom stereocenters. The summed E-state index contributed by atoms with van der Waals surface area (Å²) in [6.45, 7) is 5.01. The molecule has 8 nitrogen and oxygen atoms in total. The van der Waals surface area contributed by atoms with E-state index < -0.39 is 23.5 Å². The summed E-state index contributed by atoms with van der Waals surface area (Å²) in [7, 11) is 1.43. The maximum absolute atomic E-state index is 13.6. The average molecular weight is 601 g/mol. The zero-order valence-corrected chi connectivity index (χ0v) is 23.8. The van der Waals surface area contributed by atoms with Crippen LogP contribution < -0.4 is 15.4 Å². The van der Waals surface area contributed by atoms with E-state index in [1.807, 2.05) is 13.8 Å². The summed E-state index contributed by atoms with van der Waals surface area (Å²) in [6.07, 6.45) is -3.23. The lowest BCUT2D eigenvalue weighted by atomic mass is 10.0. The Balaban J connectivity index is 0.00000248. The molecule has 43 heavy (non-hydrogen) atoms. The van der Waals surface area contributed by atoms with Crippen molar-refractivity contribution >= 4 is 23.2 Å². The number of hydrogen-bond acceptors (Lipinski definition) is 6. The predicted molar refractivity (Wildman–Crippen MR) is 154 cm³/mol. The van der Waals surface area contributed by atoms with Crippen LogP contribution >= 0.6 is 0 Å². The molecule has 0 fully saturated rings. The van der Waals surface area contributed by atoms with Crippen molar-refractivity contribution in [2.75, 3.05) is 19.0 Å². The lowest BCUT2D eigenvalue weighted by Gasteiger charge is -2.27. The lowest BCUT2D eigenvalue weighted by Crippen LogP contribution is -2.32. The molecule has 0 aliphatic carbocycles. The van der Waals surface area contributed by atoms with Gasteiger partial charge in [-0.1, -0.05) is 32.0 Å². The second-order valence-corrected chi connectivity index (χ2v) is 9.27. The zero-order chi connectivity index (χ0) is 31.7. The van der Waals surface area contributed by atoms with Crippen LogP contribution in [0.5, 0.6) is 11.5 Å². The highest BCUT2D eigenvalue weighted by atomic mass is 19.4. The molecule has 12 heteroatoms. The van der Waals surface area contributed by atoms with Gasteiger partial charge in [0.2, 0.25) is 0 Å². The Labute approximate surface area is 246 Å². The number of aromatic hydroxyl groups is 1. The van der Waals surface area contributed by atoms with Crippen LogP contribution in [0.1, 0.15) is 47.3 Å². The van der Waals surface area contributed by atoms with E-state index in [1.54, 1.807) is 41.3 Å². The highest BCUT2D eigenvalue weighted by Gasteiger charge is 2.34. The third kappa shape index (κ3) is 8.57. The number of phenols is 1. The number of rotatable bonds is 8. The van der Waals surface area contributed by atoms with Crippen molar-refractivity contribution in [3.8, 4) is 11.5 Å². The lowest BCUT2D eigenvalue weighted by molar-refractivity contribution is -0.140. The SMILES string of the molecule is CC.COc1cc(CNC(=O)c2ccc(CN3C=C(C(=O)Nc4ccc(F)c(C(F)(F)F)c4)C(=N)CC3)cc2)ccc1O. The van der Waals surface area contributed by atoms with E-state index in [2.05, 4.69) is 10.6 Å². The molecule has 228 valence electrons. The normalized spacial score (nSPS) is 13.0. The molecule has 1 heterocycles. The number of anilines is 1. The van der Waals surface area contributed by atoms with E-state index in [1.165, 1.54) is 19.4 Å². The van der Waals surface area contributed by atoms with Crippen LogP contribution in [0.2, 0.25) is 0 Å². The number of nitrogens with zero attached hydrogens (tertiary/aromatic N) is 1. The first-order valence-corrected chi connectivity index (χ1v) is 13.4. The number of carbonyl (C=O) groups is 2. The van der Waals surface area contributed by atoms with Gasteiger partial charge < -0.3 is 30.8 Å². The number of benzene rings is 3. The van der Waals surface area contributed by atoms with Gasteiger partial charge in [-0.3, -0.25) is 9.59 Å². The molecule has 1 aliphatic rings. The molecule has 0 saturated carbocycles. The van der Waals surface area contributed by atoms with E-state index in [-0.39, 0.29) is 41.6 Å². The molecule has 4 N–H and O–H groups in total. The smallest absolute Gasteiger partial charge is 0.419 e. The standard InChI is InChI=1S/C29H26F4N4O4.C2H6/c1-41-26-12-18(4-9-25(26)38)14-35-27(39)19-5-2-17(3-6-19)15-37-11-10-24(34)21(16-37)28(40)36-20-7-8-23(30)22(13-20)29(31,32)33;1-2/h2-9,12-13,16,34,38H,10-11,14-15H2,1H3,(H,35,39)(H,36,40);1-2H3. The van der Waals surface area contributed by atoms with Gasteiger partial charge >= 0.3 is 6.18 Å². The van der Waals surface area contributed by atoms with Crippen molar-refractivity contribution in [2.45, 2.75) is 39.5 Å². The predicted octanol–water partition coefficient (Wildman–Crippen LogP) is 6.26. The molecule has 4 rings (SSSR count). The van der Waals surface area contributed by atoms with Gasteiger partial charge in [0.05, 0.1) is 18.2 Å². The van der Waals surface area contributed by atoms with Crippen LogP contribution in [0.3, 0.4) is 0 Å². The van der Waals surface area contributed by atoms with Gasteiger partial charge in [0, 0.05) is 49.2 Å². The summed E-state index contributed by atoms with van der Waals surface area (Å²) in [5, 5.41) is 22.9. The summed E-state index contributed by atoms with van der Waals surface area (Å²) < 4.78 is 57.7. The van der Waals surface area contributed by atoms with E-state index >= 15 is 0 Å². The number of methoxy groups -OCH3 is 1. The molecule has 0 saturated heterocycles. The van der Waals surface area contributed by atoms with Gasteiger partial charge in [-0.25, -0.2) is 4.39 Å². The monoisotopic (exact) mass is 600 g/mol. The Kier molecular flexibility index (Phi) is 10.9. The number of carbonyl (C=O) groups excluding carboxylic acids is 2. The quantitative estimate of drug-likeness (QED) is 0.228. The maximum atomic E-state index is 13.6. The Morgan fingerprint density at radius 1 is 1.00 bits per heavy atom. The average Bonchev–Trinajstić information content (AvgIpc) is 2.99. The van der Waals surface area contributed by atoms with E-state index in [0.717, 1.165) is 17.2 Å². The molecule has 0 radical (unpaired) electrons. The minimum absolute atomic E-state index is 0.00120. The Morgan fingerprint density at radius 2 is 1.67 bits per heavy atom. The molecule has 1 aliphatic heterocycles. The van der Waals surface area contributed by atoms with Crippen LogP contribution in [0.4, 0.5) is 23.2 Å². The van der Waals surface area contributed by atoms with Crippen LogP contribution in [-0.4, -0.2) is 41.2 Å². The summed E-state index contributed by atoms with van der Waals surface area (Å²) in [4.78, 5) is 27.1. The van der Waals surface area contributed by atoms with Gasteiger partial charge in [-0.05, 0) is 53.6 Å². The topological polar surface area (TPSA) is 115 Å². The van der Waals surface area contributed by atoms with Crippen LogP contribution in [0, 0.1) is 11.2 Å². The highest BCUT2D eigenvalue weighted by Crippen LogP contribution is 2.33. The first-order chi connectivity index (χ1) is 20.4. The Morgan fingerprint density at radius 3 is 2.33 bits per heavy atom. The second-order valence-electron chi connectivity index (χ2n) is 9.27. The Hall–Kier alpha value is -4.87. The van der Waals surface area contributed by atoms with Crippen molar-refractivity contribution in [1.29, 1.82) is 5.41 Å². The van der Waals surface area contributed by atoms with Crippen molar-refractivity contribution in [2.24, 2.45) is 0 Å². The van der Waals surface area contributed by atoms with Crippen molar-refractivity contribution in [3.05, 3.63) is 101 Å². The second kappa shape index (κ2) is 14.3. The third-order valence-electron chi connectivity index (χ3n) is 6.36. The van der Waals surface area contributed by atoms with E-state index in [9.17, 15) is 32.3 Å². The largest absolute Gasteiger partial charge is 0.504 e. The number of hydrogen-bond donors (Lipinski definition) is 4. The molecule has 3 aromatic rings. The summed E-state index contributed by atoms with van der Waals surface area (Å²) in [5.41, 5.74) is 0.254. The summed E-state index contributed by atoms with van der Waals surface area (Å²) >= 11 is 0. The van der Waals surface area contributed by atoms with Crippen LogP contribution in [0.15, 0.2) is 72.4 Å². The minimum Gasteiger partial charge on any atom is -0.504 e. The van der Waals surface area contributed by atoms with Crippen molar-refractivity contribution in [3.63, 3.8) is 0 Å². The first-order valence-electron chi connectivity index (χ1n) is 13.4. The van der Waals surface area contributed by atoms with Gasteiger partial charge in [0.25, 0.3) is 11.8 Å². The van der Waals surface area contributed by atoms with Gasteiger partial charge in [-0.2, -0.15) is 13.2 Å². The van der Waals surface area contributed by atoms with Crippen LogP contribution in [-0.2, 0) is 24.1 Å². The number of ether oxygens (including phenoxy) is 1. The molecule has 0 atom stereocenters. The van der Waals surface area contributed by atoms with Gasteiger partial charge in [0.1, 0.15) is 5.82 Å². The molecule has 3 aromatic carbocycles. The summed E-state index contributed by atoms with van der Waals surface area (Å²) in [6, 6.07) is 13.7. The molecule has 0 bridgehead atoms. The highest BCUT2D eigenvalue weighted by molar-refractivity contribution is 6.24. The fourth-order valence-corrected chi connectivity index (χ4v) is 4.17. The number of nitrogens with one attached hydrogen (secondary N) is 3.